The molecular weight excluding hydrogens is 247 g/mol. The van der Waals surface area contributed by atoms with Gasteiger partial charge in [-0.15, -0.1) is 0 Å². The fourth-order valence-corrected chi connectivity index (χ4v) is 9.34. The number of rotatable bonds is 3. The Kier molecular flexibility index (Phi) is 4.57. The van der Waals surface area contributed by atoms with Crippen molar-refractivity contribution >= 4 is 7.14 Å². The van der Waals surface area contributed by atoms with Crippen LogP contribution in [0.3, 0.4) is 0 Å². The van der Waals surface area contributed by atoms with Crippen molar-refractivity contribution in [2.24, 2.45) is 0 Å². The smallest absolute Gasteiger partial charge is 0.0990 e. The highest BCUT2D eigenvalue weighted by molar-refractivity contribution is 7.66. The van der Waals surface area contributed by atoms with Gasteiger partial charge in [0.05, 0.1) is 19.3 Å². The van der Waals surface area contributed by atoms with E-state index in [9.17, 15) is 14.8 Å². The lowest BCUT2D eigenvalue weighted by molar-refractivity contribution is 0.0560. The number of hydrogen-bond donors (Lipinski definition) is 2. The fraction of sp³-hybridized carbons (Fsp3) is 1.00. The monoisotopic (exact) mass is 274 g/mol. The molecule has 0 amide bonds. The zero-order valence-corrected chi connectivity index (χ0v) is 12.5. The average molecular weight is 274 g/mol. The number of aliphatic hydroxyl groups is 2. The minimum absolute atomic E-state index is 0.140. The average Bonchev–Trinajstić information content (AvgIpc) is 2.69. The van der Waals surface area contributed by atoms with Crippen LogP contribution >= 0.6 is 7.14 Å². The second kappa shape index (κ2) is 5.64. The van der Waals surface area contributed by atoms with E-state index >= 15 is 0 Å². The van der Waals surface area contributed by atoms with Gasteiger partial charge < -0.3 is 14.8 Å². The molecule has 0 aromatic carbocycles. The Morgan fingerprint density at radius 3 is 2.06 bits per heavy atom. The molecule has 2 rings (SSSR count). The Labute approximate surface area is 110 Å². The van der Waals surface area contributed by atoms with E-state index in [-0.39, 0.29) is 23.1 Å². The lowest BCUT2D eigenvalue weighted by Crippen LogP contribution is -2.39. The lowest BCUT2D eigenvalue weighted by Gasteiger charge is -2.40. The topological polar surface area (TPSA) is 57.5 Å². The van der Waals surface area contributed by atoms with Crippen LogP contribution < -0.4 is 0 Å². The maximum Gasteiger partial charge on any atom is 0.0990 e. The normalized spacial score (nSPS) is 49.4. The van der Waals surface area contributed by atoms with Crippen molar-refractivity contribution in [3.8, 4) is 0 Å². The van der Waals surface area contributed by atoms with Gasteiger partial charge in [-0.1, -0.05) is 13.8 Å². The predicted octanol–water partition coefficient (Wildman–Crippen LogP) is 2.97. The van der Waals surface area contributed by atoms with Crippen LogP contribution in [-0.4, -0.2) is 39.4 Å². The molecule has 106 valence electrons. The standard InChI is InChI=1S/C14H27O3P/c1-3-11-6-7-12(4-2)18(11,17)14-9-10(15)5-8-13(14)16/h10-16H,3-9H2,1-2H3. The van der Waals surface area contributed by atoms with Crippen molar-refractivity contribution < 1.29 is 14.8 Å². The van der Waals surface area contributed by atoms with Gasteiger partial charge in [-0.2, -0.15) is 0 Å². The van der Waals surface area contributed by atoms with Gasteiger partial charge >= 0.3 is 0 Å². The molecule has 1 saturated carbocycles. The third-order valence-corrected chi connectivity index (χ3v) is 10.3. The Balaban J connectivity index is 2.28. The SMILES string of the molecule is CCC1CCC(CC)P1(=O)C1CC(O)CCC1O. The van der Waals surface area contributed by atoms with Crippen molar-refractivity contribution in [2.45, 2.75) is 88.0 Å². The Hall–Kier alpha value is 0.150. The molecule has 2 fully saturated rings. The van der Waals surface area contributed by atoms with E-state index in [4.69, 9.17) is 0 Å². The van der Waals surface area contributed by atoms with Gasteiger partial charge in [0.25, 0.3) is 0 Å². The van der Waals surface area contributed by atoms with Crippen molar-refractivity contribution in [3.05, 3.63) is 0 Å². The summed E-state index contributed by atoms with van der Waals surface area (Å²) in [5, 5.41) is 20.1. The van der Waals surface area contributed by atoms with Crippen molar-refractivity contribution in [1.29, 1.82) is 0 Å². The van der Waals surface area contributed by atoms with E-state index in [0.717, 1.165) is 25.7 Å². The second-order valence-electron chi connectivity index (χ2n) is 6.07. The molecule has 2 N–H and O–H groups in total. The highest BCUT2D eigenvalue weighted by atomic mass is 31.2. The summed E-state index contributed by atoms with van der Waals surface area (Å²) in [4.78, 5) is 0. The van der Waals surface area contributed by atoms with E-state index < -0.39 is 13.2 Å². The largest absolute Gasteiger partial charge is 0.393 e. The highest BCUT2D eigenvalue weighted by Crippen LogP contribution is 2.70. The second-order valence-corrected chi connectivity index (χ2v) is 9.72. The predicted molar refractivity (Wildman–Crippen MR) is 74.7 cm³/mol. The zero-order chi connectivity index (χ0) is 13.3. The third kappa shape index (κ3) is 2.30. The maximum absolute atomic E-state index is 13.6. The minimum Gasteiger partial charge on any atom is -0.393 e. The van der Waals surface area contributed by atoms with Gasteiger partial charge in [0.2, 0.25) is 0 Å². The maximum atomic E-state index is 13.6. The van der Waals surface area contributed by atoms with Crippen molar-refractivity contribution in [3.63, 3.8) is 0 Å². The van der Waals surface area contributed by atoms with E-state index in [2.05, 4.69) is 13.8 Å². The first-order valence-electron chi connectivity index (χ1n) is 7.49. The molecule has 1 saturated heterocycles. The van der Waals surface area contributed by atoms with E-state index in [1.54, 1.807) is 0 Å². The molecule has 5 atom stereocenters. The van der Waals surface area contributed by atoms with Crippen molar-refractivity contribution in [1.82, 2.24) is 0 Å². The minimum atomic E-state index is -2.37. The molecule has 4 heteroatoms. The third-order valence-electron chi connectivity index (χ3n) is 5.19. The molecule has 0 spiro atoms. The summed E-state index contributed by atoms with van der Waals surface area (Å²) in [5.41, 5.74) is 0.429. The molecule has 5 unspecified atom stereocenters. The molecule has 0 aromatic rings. The van der Waals surface area contributed by atoms with Gasteiger partial charge in [-0.25, -0.2) is 0 Å². The van der Waals surface area contributed by atoms with Crippen LogP contribution in [0.5, 0.6) is 0 Å². The van der Waals surface area contributed by atoms with Crippen LogP contribution in [0.15, 0.2) is 0 Å². The zero-order valence-electron chi connectivity index (χ0n) is 11.6. The summed E-state index contributed by atoms with van der Waals surface area (Å²) >= 11 is 0. The molecule has 3 nitrogen and oxygen atoms in total. The van der Waals surface area contributed by atoms with Gasteiger partial charge in [0.15, 0.2) is 0 Å². The summed E-state index contributed by atoms with van der Waals surface area (Å²) < 4.78 is 13.6. The van der Waals surface area contributed by atoms with Gasteiger partial charge in [0.1, 0.15) is 0 Å². The molecule has 1 aliphatic heterocycles. The summed E-state index contributed by atoms with van der Waals surface area (Å²) in [6.45, 7) is 4.22. The van der Waals surface area contributed by atoms with Gasteiger partial charge in [-0.3, -0.25) is 0 Å². The molecule has 0 bridgehead atoms. The van der Waals surface area contributed by atoms with E-state index in [1.165, 1.54) is 0 Å². The lowest BCUT2D eigenvalue weighted by atomic mass is 9.95. The van der Waals surface area contributed by atoms with Crippen LogP contribution in [0.1, 0.15) is 58.8 Å². The van der Waals surface area contributed by atoms with Crippen LogP contribution in [0.4, 0.5) is 0 Å². The fourth-order valence-electron chi connectivity index (χ4n) is 4.15. The van der Waals surface area contributed by atoms with E-state index in [1.807, 2.05) is 0 Å². The molecule has 0 aromatic heterocycles. The molecule has 18 heavy (non-hydrogen) atoms. The molecule has 1 heterocycles. The first-order chi connectivity index (χ1) is 8.53. The quantitative estimate of drug-likeness (QED) is 0.778. The first kappa shape index (κ1) is 14.6. The number of aliphatic hydroxyl groups excluding tert-OH is 2. The van der Waals surface area contributed by atoms with Crippen LogP contribution in [0.25, 0.3) is 0 Å². The Morgan fingerprint density at radius 1 is 1.00 bits per heavy atom. The van der Waals surface area contributed by atoms with Crippen molar-refractivity contribution in [2.75, 3.05) is 0 Å². The highest BCUT2D eigenvalue weighted by Gasteiger charge is 2.52. The molecule has 2 aliphatic rings. The molecule has 1 aliphatic carbocycles. The van der Waals surface area contributed by atoms with Gasteiger partial charge in [-0.05, 0) is 44.9 Å². The summed E-state index contributed by atoms with van der Waals surface area (Å²) in [5.74, 6) is 0. The molecular formula is C14H27O3P. The van der Waals surface area contributed by atoms with Gasteiger partial charge in [0, 0.05) is 17.0 Å². The number of hydrogen-bond acceptors (Lipinski definition) is 3. The summed E-state index contributed by atoms with van der Waals surface area (Å²) in [6.07, 6.45) is 5.00. The van der Waals surface area contributed by atoms with Crippen LogP contribution in [0.2, 0.25) is 0 Å². The summed E-state index contributed by atoms with van der Waals surface area (Å²) in [7, 11) is -2.37. The van der Waals surface area contributed by atoms with E-state index in [0.29, 0.717) is 19.3 Å². The first-order valence-corrected chi connectivity index (χ1v) is 9.40. The Bertz CT molecular complexity index is 315. The Morgan fingerprint density at radius 2 is 1.56 bits per heavy atom. The van der Waals surface area contributed by atoms with Crippen LogP contribution in [0, 0.1) is 0 Å². The van der Waals surface area contributed by atoms with Crippen LogP contribution in [-0.2, 0) is 4.57 Å². The molecule has 0 radical (unpaired) electrons. The summed E-state index contributed by atoms with van der Waals surface area (Å²) in [6, 6.07) is 0.